The van der Waals surface area contributed by atoms with Gasteiger partial charge in [-0.15, -0.1) is 0 Å². The van der Waals surface area contributed by atoms with Crippen LogP contribution in [0.4, 0.5) is 26.5 Å². The van der Waals surface area contributed by atoms with Crippen molar-refractivity contribution in [3.63, 3.8) is 0 Å². The molecule has 9 heteroatoms. The van der Waals surface area contributed by atoms with E-state index in [-0.39, 0.29) is 22.7 Å². The topological polar surface area (TPSA) is 101 Å². The Morgan fingerprint density at radius 2 is 1.81 bits per heavy atom. The van der Waals surface area contributed by atoms with Crippen LogP contribution in [0.1, 0.15) is 33.5 Å². The first-order valence-corrected chi connectivity index (χ1v) is 9.51. The number of carbonyl (C=O) groups is 1. The van der Waals surface area contributed by atoms with Gasteiger partial charge in [0.25, 0.3) is 0 Å². The van der Waals surface area contributed by atoms with Gasteiger partial charge in [0.1, 0.15) is 28.9 Å². The first kappa shape index (κ1) is 21.8. The van der Waals surface area contributed by atoms with Gasteiger partial charge in [0.2, 0.25) is 0 Å². The van der Waals surface area contributed by atoms with E-state index in [1.165, 1.54) is 12.1 Å². The smallest absolute Gasteiger partial charge is 0.325 e. The van der Waals surface area contributed by atoms with Gasteiger partial charge < -0.3 is 19.9 Å². The molecular weight excluding hydrogens is 401 g/mol. The number of allylic oxidation sites excluding steroid dienone is 1. The van der Waals surface area contributed by atoms with Crippen molar-refractivity contribution >= 4 is 23.4 Å². The third-order valence-electron chi connectivity index (χ3n) is 3.99. The van der Waals surface area contributed by atoms with E-state index in [0.717, 1.165) is 5.70 Å². The molecule has 0 fully saturated rings. The molecule has 0 bridgehead atoms. The second-order valence-electron chi connectivity index (χ2n) is 7.93. The van der Waals surface area contributed by atoms with E-state index in [4.69, 9.17) is 9.26 Å². The fourth-order valence-corrected chi connectivity index (χ4v) is 2.52. The van der Waals surface area contributed by atoms with Gasteiger partial charge in [-0.1, -0.05) is 32.5 Å². The van der Waals surface area contributed by atoms with Crippen LogP contribution in [0.15, 0.2) is 59.4 Å². The summed E-state index contributed by atoms with van der Waals surface area (Å²) in [6.45, 7) is 11.4. The number of halogens is 1. The van der Waals surface area contributed by atoms with Gasteiger partial charge >= 0.3 is 6.03 Å². The zero-order valence-corrected chi connectivity index (χ0v) is 17.7. The highest BCUT2D eigenvalue weighted by Crippen LogP contribution is 2.27. The minimum Gasteiger partial charge on any atom is -0.457 e. The average Bonchev–Trinajstić information content (AvgIpc) is 3.12. The summed E-state index contributed by atoms with van der Waals surface area (Å²) in [4.78, 5) is 16.3. The third kappa shape index (κ3) is 6.05. The number of benzene rings is 1. The number of carbonyl (C=O) groups excluding carboxylic acids is 1. The van der Waals surface area contributed by atoms with E-state index in [0.29, 0.717) is 17.3 Å². The van der Waals surface area contributed by atoms with Crippen molar-refractivity contribution in [1.29, 1.82) is 0 Å². The maximum absolute atomic E-state index is 14.5. The van der Waals surface area contributed by atoms with Crippen LogP contribution < -0.4 is 20.7 Å². The third-order valence-corrected chi connectivity index (χ3v) is 3.99. The number of hydrogen-bond acceptors (Lipinski definition) is 6. The number of ether oxygens (including phenoxy) is 1. The van der Waals surface area contributed by atoms with E-state index in [9.17, 15) is 9.18 Å². The summed E-state index contributed by atoms with van der Waals surface area (Å²) in [7, 11) is 0. The number of urea groups is 1. The SMILES string of the molecule is C=C(C)Nc1cc(Oc2ccc(NC(=O)Nc3cc(C(C)(C)C)on3)c(F)c2)ccn1. The summed E-state index contributed by atoms with van der Waals surface area (Å²) < 4.78 is 25.4. The molecule has 0 unspecified atom stereocenters. The Balaban J connectivity index is 1.63. The fourth-order valence-electron chi connectivity index (χ4n) is 2.52. The maximum Gasteiger partial charge on any atom is 0.325 e. The molecule has 162 valence electrons. The lowest BCUT2D eigenvalue weighted by Gasteiger charge is -2.12. The minimum absolute atomic E-state index is 0.0104. The van der Waals surface area contributed by atoms with Gasteiger partial charge in [-0.3, -0.25) is 5.32 Å². The lowest BCUT2D eigenvalue weighted by molar-refractivity contribution is 0.261. The number of nitrogens with zero attached hydrogens (tertiary/aromatic N) is 2. The molecule has 0 atom stereocenters. The van der Waals surface area contributed by atoms with Crippen LogP contribution in [-0.4, -0.2) is 16.2 Å². The molecule has 31 heavy (non-hydrogen) atoms. The van der Waals surface area contributed by atoms with E-state index in [2.05, 4.69) is 32.7 Å². The van der Waals surface area contributed by atoms with Gasteiger partial charge in [-0.2, -0.15) is 0 Å². The second kappa shape index (κ2) is 8.86. The number of hydrogen-bond donors (Lipinski definition) is 3. The Morgan fingerprint density at radius 1 is 1.06 bits per heavy atom. The molecule has 1 aromatic carbocycles. The highest BCUT2D eigenvalue weighted by molar-refractivity contribution is 5.99. The van der Waals surface area contributed by atoms with Crippen molar-refractivity contribution in [2.24, 2.45) is 0 Å². The molecule has 2 heterocycles. The van der Waals surface area contributed by atoms with Crippen molar-refractivity contribution < 1.29 is 18.4 Å². The molecule has 0 saturated carbocycles. The number of amides is 2. The molecule has 2 amide bonds. The Labute approximate surface area is 179 Å². The summed E-state index contributed by atoms with van der Waals surface area (Å²) in [6.07, 6.45) is 1.56. The molecule has 0 saturated heterocycles. The zero-order valence-electron chi connectivity index (χ0n) is 17.7. The number of nitrogens with one attached hydrogen (secondary N) is 3. The highest BCUT2D eigenvalue weighted by atomic mass is 19.1. The number of pyridine rings is 1. The summed E-state index contributed by atoms with van der Waals surface area (Å²) in [6, 6.07) is 8.40. The molecule has 3 rings (SSSR count). The predicted molar refractivity (Wildman–Crippen MR) is 117 cm³/mol. The van der Waals surface area contributed by atoms with Crippen LogP contribution in [0.2, 0.25) is 0 Å². The van der Waals surface area contributed by atoms with Crippen LogP contribution in [0.25, 0.3) is 0 Å². The highest BCUT2D eigenvalue weighted by Gasteiger charge is 2.20. The van der Waals surface area contributed by atoms with Crippen molar-refractivity contribution in [3.8, 4) is 11.5 Å². The predicted octanol–water partition coefficient (Wildman–Crippen LogP) is 5.89. The van der Waals surface area contributed by atoms with Crippen LogP contribution in [0, 0.1) is 5.82 Å². The summed E-state index contributed by atoms with van der Waals surface area (Å²) in [5.74, 6) is 1.49. The van der Waals surface area contributed by atoms with E-state index in [1.54, 1.807) is 37.4 Å². The zero-order chi connectivity index (χ0) is 22.6. The van der Waals surface area contributed by atoms with Crippen LogP contribution in [-0.2, 0) is 5.41 Å². The number of anilines is 3. The van der Waals surface area contributed by atoms with Gasteiger partial charge in [-0.25, -0.2) is 14.2 Å². The quantitative estimate of drug-likeness (QED) is 0.455. The molecule has 8 nitrogen and oxygen atoms in total. The summed E-state index contributed by atoms with van der Waals surface area (Å²) in [5.41, 5.74) is 0.468. The van der Waals surface area contributed by atoms with Crippen molar-refractivity contribution in [1.82, 2.24) is 10.1 Å². The Hall–Kier alpha value is -3.88. The van der Waals surface area contributed by atoms with Crippen LogP contribution in [0.5, 0.6) is 11.5 Å². The molecule has 0 spiro atoms. The Kier molecular flexibility index (Phi) is 6.24. The second-order valence-corrected chi connectivity index (χ2v) is 7.93. The molecule has 3 N–H and O–H groups in total. The van der Waals surface area contributed by atoms with E-state index >= 15 is 0 Å². The Morgan fingerprint density at radius 3 is 2.45 bits per heavy atom. The number of rotatable bonds is 6. The molecular formula is C22H24FN5O3. The average molecular weight is 425 g/mol. The van der Waals surface area contributed by atoms with E-state index in [1.807, 2.05) is 20.8 Å². The lowest BCUT2D eigenvalue weighted by atomic mass is 9.93. The maximum atomic E-state index is 14.5. The molecule has 0 aliphatic heterocycles. The summed E-state index contributed by atoms with van der Waals surface area (Å²) in [5, 5.41) is 11.7. The van der Waals surface area contributed by atoms with E-state index < -0.39 is 11.8 Å². The van der Waals surface area contributed by atoms with Gasteiger partial charge in [-0.05, 0) is 25.1 Å². The lowest BCUT2D eigenvalue weighted by Crippen LogP contribution is -2.20. The normalized spacial score (nSPS) is 11.0. The van der Waals surface area contributed by atoms with Crippen molar-refractivity contribution in [2.75, 3.05) is 16.0 Å². The van der Waals surface area contributed by atoms with Crippen LogP contribution in [0.3, 0.4) is 0 Å². The number of aromatic nitrogens is 2. The molecule has 2 aromatic heterocycles. The first-order chi connectivity index (χ1) is 14.6. The minimum atomic E-state index is -0.655. The molecule has 3 aromatic rings. The Bertz CT molecular complexity index is 1100. The van der Waals surface area contributed by atoms with Gasteiger partial charge in [0, 0.05) is 35.5 Å². The van der Waals surface area contributed by atoms with Crippen molar-refractivity contribution in [2.45, 2.75) is 33.1 Å². The largest absolute Gasteiger partial charge is 0.457 e. The van der Waals surface area contributed by atoms with Gasteiger partial charge in [0.15, 0.2) is 5.82 Å². The summed E-state index contributed by atoms with van der Waals surface area (Å²) >= 11 is 0. The van der Waals surface area contributed by atoms with Gasteiger partial charge in [0.05, 0.1) is 5.69 Å². The molecule has 0 radical (unpaired) electrons. The molecule has 0 aliphatic carbocycles. The fraction of sp³-hybridized carbons (Fsp3) is 0.227. The first-order valence-electron chi connectivity index (χ1n) is 9.51. The van der Waals surface area contributed by atoms with Crippen molar-refractivity contribution in [3.05, 3.63) is 66.4 Å². The monoisotopic (exact) mass is 425 g/mol. The van der Waals surface area contributed by atoms with Crippen LogP contribution >= 0.6 is 0 Å². The molecule has 0 aliphatic rings. The standard InChI is InChI=1S/C22H24FN5O3/c1-13(2)25-19-11-15(8-9-24-19)30-14-6-7-17(16(23)10-14)26-21(29)27-20-12-18(31-28-20)22(3,4)5/h6-12H,1H2,2-5H3,(H,24,25)(H2,26,27,28,29).